The van der Waals surface area contributed by atoms with E-state index in [1.54, 1.807) is 17.6 Å². The van der Waals surface area contributed by atoms with Gasteiger partial charge >= 0.3 is 0 Å². The molecule has 0 aliphatic carbocycles. The van der Waals surface area contributed by atoms with Gasteiger partial charge in [0, 0.05) is 30.4 Å². The number of nitrogens with zero attached hydrogens (tertiary/aromatic N) is 4. The van der Waals surface area contributed by atoms with Crippen LogP contribution in [0, 0.1) is 21.7 Å². The van der Waals surface area contributed by atoms with Gasteiger partial charge in [0.15, 0.2) is 28.7 Å². The molecule has 12 heteroatoms. The van der Waals surface area contributed by atoms with Crippen LogP contribution in [0.3, 0.4) is 0 Å². The SMILES string of the molecule is CCn1c(SCC(=O)Nc2cccc([N+](=O)[O-])c2)nnc1C(C)Oc1ccc(F)cc1F. The van der Waals surface area contributed by atoms with Gasteiger partial charge in [-0.2, -0.15) is 0 Å². The van der Waals surface area contributed by atoms with Crippen LogP contribution in [0.1, 0.15) is 25.8 Å². The van der Waals surface area contributed by atoms with Crippen molar-refractivity contribution in [3.63, 3.8) is 0 Å². The number of halogens is 2. The first-order chi connectivity index (χ1) is 15.3. The number of anilines is 1. The van der Waals surface area contributed by atoms with Gasteiger partial charge in [-0.3, -0.25) is 14.9 Å². The third-order valence-electron chi connectivity index (χ3n) is 4.30. The topological polar surface area (TPSA) is 112 Å². The maximum atomic E-state index is 13.9. The Kier molecular flexibility index (Phi) is 7.36. The zero-order valence-corrected chi connectivity index (χ0v) is 17.9. The smallest absolute Gasteiger partial charge is 0.271 e. The number of aromatic nitrogens is 3. The second-order valence-electron chi connectivity index (χ2n) is 6.56. The molecule has 3 aromatic rings. The first-order valence-corrected chi connectivity index (χ1v) is 10.5. The predicted molar refractivity (Wildman–Crippen MR) is 114 cm³/mol. The molecule has 0 bridgehead atoms. The lowest BCUT2D eigenvalue weighted by molar-refractivity contribution is -0.384. The number of thioether (sulfide) groups is 1. The van der Waals surface area contributed by atoms with Gasteiger partial charge in [0.2, 0.25) is 5.91 Å². The molecule has 168 valence electrons. The van der Waals surface area contributed by atoms with Gasteiger partial charge in [-0.25, -0.2) is 8.78 Å². The van der Waals surface area contributed by atoms with Crippen molar-refractivity contribution in [2.75, 3.05) is 11.1 Å². The van der Waals surface area contributed by atoms with Crippen molar-refractivity contribution in [1.82, 2.24) is 14.8 Å². The minimum atomic E-state index is -0.827. The number of carbonyl (C=O) groups excluding carboxylic acids is 1. The summed E-state index contributed by atoms with van der Waals surface area (Å²) < 4.78 is 34.3. The van der Waals surface area contributed by atoms with Crippen LogP contribution >= 0.6 is 11.8 Å². The van der Waals surface area contributed by atoms with Crippen molar-refractivity contribution in [3.8, 4) is 5.75 Å². The molecule has 0 saturated carbocycles. The number of benzene rings is 2. The van der Waals surface area contributed by atoms with Gasteiger partial charge in [-0.15, -0.1) is 10.2 Å². The lowest BCUT2D eigenvalue weighted by Gasteiger charge is -2.16. The Morgan fingerprint density at radius 1 is 1.28 bits per heavy atom. The zero-order valence-electron chi connectivity index (χ0n) is 17.1. The van der Waals surface area contributed by atoms with Gasteiger partial charge in [-0.05, 0) is 32.0 Å². The van der Waals surface area contributed by atoms with E-state index in [1.165, 1.54) is 24.3 Å². The Morgan fingerprint density at radius 2 is 2.06 bits per heavy atom. The molecule has 0 spiro atoms. The van der Waals surface area contributed by atoms with Crippen molar-refractivity contribution in [2.45, 2.75) is 31.7 Å². The van der Waals surface area contributed by atoms with Crippen LogP contribution in [-0.2, 0) is 11.3 Å². The standard InChI is InChI=1S/C20H19F2N5O4S/c1-3-26-19(12(2)31-17-8-7-13(21)9-16(17)22)24-25-20(26)32-11-18(28)23-14-5-4-6-15(10-14)27(29)30/h4-10,12H,3,11H2,1-2H3,(H,23,28). The summed E-state index contributed by atoms with van der Waals surface area (Å²) in [6.45, 7) is 3.98. The summed E-state index contributed by atoms with van der Waals surface area (Å²) in [4.78, 5) is 22.6. The molecule has 1 atom stereocenters. The molecule has 1 aromatic heterocycles. The Balaban J connectivity index is 1.64. The molecule has 1 heterocycles. The minimum absolute atomic E-state index is 0.0113. The molecule has 9 nitrogen and oxygen atoms in total. The fourth-order valence-corrected chi connectivity index (χ4v) is 3.65. The van der Waals surface area contributed by atoms with Crippen LogP contribution in [0.15, 0.2) is 47.6 Å². The van der Waals surface area contributed by atoms with E-state index < -0.39 is 22.7 Å². The van der Waals surface area contributed by atoms with Crippen molar-refractivity contribution in [1.29, 1.82) is 0 Å². The maximum Gasteiger partial charge on any atom is 0.271 e. The highest BCUT2D eigenvalue weighted by atomic mass is 32.2. The normalized spacial score (nSPS) is 11.8. The zero-order chi connectivity index (χ0) is 23.3. The molecular weight excluding hydrogens is 444 g/mol. The summed E-state index contributed by atoms with van der Waals surface area (Å²) in [5.41, 5.74) is 0.184. The fourth-order valence-electron chi connectivity index (χ4n) is 2.84. The second-order valence-corrected chi connectivity index (χ2v) is 7.51. The van der Waals surface area contributed by atoms with Gasteiger partial charge in [-0.1, -0.05) is 17.8 Å². The first-order valence-electron chi connectivity index (χ1n) is 9.50. The number of ether oxygens (including phenoxy) is 1. The van der Waals surface area contributed by atoms with Crippen LogP contribution in [0.5, 0.6) is 5.75 Å². The van der Waals surface area contributed by atoms with E-state index in [2.05, 4.69) is 15.5 Å². The molecule has 0 radical (unpaired) electrons. The number of hydrogen-bond donors (Lipinski definition) is 1. The minimum Gasteiger partial charge on any atom is -0.480 e. The number of rotatable bonds is 9. The summed E-state index contributed by atoms with van der Waals surface area (Å²) in [5.74, 6) is -1.62. The highest BCUT2D eigenvalue weighted by molar-refractivity contribution is 7.99. The van der Waals surface area contributed by atoms with E-state index in [4.69, 9.17) is 4.74 Å². The molecule has 1 N–H and O–H groups in total. The van der Waals surface area contributed by atoms with Gasteiger partial charge in [0.05, 0.1) is 10.7 Å². The van der Waals surface area contributed by atoms with E-state index in [0.29, 0.717) is 23.2 Å². The molecule has 32 heavy (non-hydrogen) atoms. The quantitative estimate of drug-likeness (QED) is 0.285. The maximum absolute atomic E-state index is 13.9. The average Bonchev–Trinajstić information content (AvgIpc) is 3.17. The molecular formula is C20H19F2N5O4S. The first kappa shape index (κ1) is 23.1. The molecule has 2 aromatic carbocycles. The number of nitro groups is 1. The van der Waals surface area contributed by atoms with E-state index in [1.807, 2.05) is 6.92 Å². The van der Waals surface area contributed by atoms with Crippen LogP contribution in [0.25, 0.3) is 0 Å². The molecule has 0 aliphatic heterocycles. The fraction of sp³-hybridized carbons (Fsp3) is 0.250. The monoisotopic (exact) mass is 463 g/mol. The lowest BCUT2D eigenvalue weighted by Crippen LogP contribution is -2.15. The van der Waals surface area contributed by atoms with Crippen LogP contribution in [-0.4, -0.2) is 31.3 Å². The number of non-ortho nitro benzene ring substituents is 1. The highest BCUT2D eigenvalue weighted by Gasteiger charge is 2.21. The summed E-state index contributed by atoms with van der Waals surface area (Å²) >= 11 is 1.12. The molecule has 0 saturated heterocycles. The predicted octanol–water partition coefficient (Wildman–Crippen LogP) is 4.36. The van der Waals surface area contributed by atoms with Crippen LogP contribution in [0.2, 0.25) is 0 Å². The van der Waals surface area contributed by atoms with Gasteiger partial charge < -0.3 is 14.6 Å². The summed E-state index contributed by atoms with van der Waals surface area (Å²) in [7, 11) is 0. The largest absolute Gasteiger partial charge is 0.480 e. The van der Waals surface area contributed by atoms with Crippen LogP contribution < -0.4 is 10.1 Å². The van der Waals surface area contributed by atoms with E-state index in [9.17, 15) is 23.7 Å². The molecule has 1 unspecified atom stereocenters. The third-order valence-corrected chi connectivity index (χ3v) is 5.26. The Labute approximate surface area is 185 Å². The average molecular weight is 463 g/mol. The number of nitrogens with one attached hydrogen (secondary N) is 1. The van der Waals surface area contributed by atoms with E-state index >= 15 is 0 Å². The Hall–Kier alpha value is -3.54. The Morgan fingerprint density at radius 3 is 2.75 bits per heavy atom. The molecule has 1 amide bonds. The second kappa shape index (κ2) is 10.2. The van der Waals surface area contributed by atoms with Crippen LogP contribution in [0.4, 0.5) is 20.2 Å². The number of hydrogen-bond acceptors (Lipinski definition) is 7. The molecule has 0 fully saturated rings. The number of carbonyl (C=O) groups is 1. The van der Waals surface area contributed by atoms with Crippen molar-refractivity contribution in [2.24, 2.45) is 0 Å². The number of nitro benzene ring substituents is 1. The lowest BCUT2D eigenvalue weighted by atomic mass is 10.3. The molecule has 0 aliphatic rings. The Bertz CT molecular complexity index is 1140. The summed E-state index contributed by atoms with van der Waals surface area (Å²) in [5, 5.41) is 22.1. The third kappa shape index (κ3) is 5.58. The number of amides is 1. The van der Waals surface area contributed by atoms with Gasteiger partial charge in [0.1, 0.15) is 5.82 Å². The van der Waals surface area contributed by atoms with Crippen molar-refractivity contribution >= 4 is 29.0 Å². The summed E-state index contributed by atoms with van der Waals surface area (Å²) in [6.07, 6.45) is -0.685. The highest BCUT2D eigenvalue weighted by Crippen LogP contribution is 2.27. The van der Waals surface area contributed by atoms with Crippen molar-refractivity contribution in [3.05, 3.63) is 70.0 Å². The van der Waals surface area contributed by atoms with Gasteiger partial charge in [0.25, 0.3) is 5.69 Å². The van der Waals surface area contributed by atoms with Crippen molar-refractivity contribution < 1.29 is 23.2 Å². The van der Waals surface area contributed by atoms with E-state index in [-0.39, 0.29) is 23.1 Å². The molecule has 3 rings (SSSR count). The van der Waals surface area contributed by atoms with E-state index in [0.717, 1.165) is 23.9 Å². The summed E-state index contributed by atoms with van der Waals surface area (Å²) in [6, 6.07) is 8.65.